The molecular weight excluding hydrogens is 222 g/mol. The lowest BCUT2D eigenvalue weighted by Crippen LogP contribution is -1.93. The van der Waals surface area contributed by atoms with Gasteiger partial charge in [0.25, 0.3) is 0 Å². The van der Waals surface area contributed by atoms with Crippen molar-refractivity contribution in [2.75, 3.05) is 0 Å². The van der Waals surface area contributed by atoms with Crippen LogP contribution in [0, 0.1) is 0 Å². The maximum atomic E-state index is 10.6. The second kappa shape index (κ2) is 5.01. The van der Waals surface area contributed by atoms with Gasteiger partial charge in [-0.3, -0.25) is 9.19 Å². The van der Waals surface area contributed by atoms with E-state index in [4.69, 9.17) is 0 Å². The predicted octanol–water partition coefficient (Wildman–Crippen LogP) is 2.13. The molecule has 2 rings (SSSR count). The van der Waals surface area contributed by atoms with Crippen LogP contribution < -0.4 is 0 Å². The molecule has 0 N–H and O–H groups in total. The van der Waals surface area contributed by atoms with Crippen LogP contribution in [-0.4, -0.2) is 13.7 Å². The Bertz CT molecular complexity index is 499. The quantitative estimate of drug-likeness (QED) is 0.762. The fourth-order valence-corrected chi connectivity index (χ4v) is 1.96. The average Bonchev–Trinajstić information content (AvgIpc) is 2.30. The van der Waals surface area contributed by atoms with E-state index in [0.717, 1.165) is 16.7 Å². The van der Waals surface area contributed by atoms with Gasteiger partial charge in [0.15, 0.2) is 0 Å². The molecule has 0 radical (unpaired) electrons. The smallest absolute Gasteiger partial charge is 0.0353 e. The zero-order valence-corrected chi connectivity index (χ0v) is 9.31. The maximum absolute atomic E-state index is 10.6. The van der Waals surface area contributed by atoms with E-state index >= 15 is 0 Å². The molecule has 1 heterocycles. The van der Waals surface area contributed by atoms with Gasteiger partial charge < -0.3 is 4.55 Å². The van der Waals surface area contributed by atoms with E-state index in [1.807, 2.05) is 30.3 Å². The van der Waals surface area contributed by atoms with Crippen LogP contribution in [0.25, 0.3) is 11.1 Å². The summed E-state index contributed by atoms with van der Waals surface area (Å²) in [6.07, 6.45) is 3.47. The Kier molecular flexibility index (Phi) is 3.44. The van der Waals surface area contributed by atoms with Crippen LogP contribution in [0.2, 0.25) is 0 Å². The van der Waals surface area contributed by atoms with Crippen molar-refractivity contribution in [3.8, 4) is 11.1 Å². The first kappa shape index (κ1) is 11.0. The lowest BCUT2D eigenvalue weighted by molar-refractivity contribution is 0.536. The van der Waals surface area contributed by atoms with Crippen LogP contribution >= 0.6 is 0 Å². The molecule has 0 aliphatic carbocycles. The lowest BCUT2D eigenvalue weighted by atomic mass is 10.1. The van der Waals surface area contributed by atoms with E-state index < -0.39 is 11.1 Å². The van der Waals surface area contributed by atoms with Gasteiger partial charge >= 0.3 is 0 Å². The zero-order valence-electron chi connectivity index (χ0n) is 8.50. The summed E-state index contributed by atoms with van der Waals surface area (Å²) >= 11 is -2.05. The Hall–Kier alpha value is -1.52. The molecule has 0 amide bonds. The molecule has 2 aromatic rings. The van der Waals surface area contributed by atoms with Gasteiger partial charge in [0, 0.05) is 18.1 Å². The number of pyridine rings is 1. The molecule has 0 spiro atoms. The minimum atomic E-state index is -2.05. The lowest BCUT2D eigenvalue weighted by Gasteiger charge is -2.07. The highest BCUT2D eigenvalue weighted by atomic mass is 32.2. The summed E-state index contributed by atoms with van der Waals surface area (Å²) in [5.41, 5.74) is 2.76. The molecule has 0 aliphatic rings. The highest BCUT2D eigenvalue weighted by Gasteiger charge is 1.99. The van der Waals surface area contributed by atoms with Gasteiger partial charge in [0.1, 0.15) is 0 Å². The number of aromatic nitrogens is 1. The van der Waals surface area contributed by atoms with Crippen molar-refractivity contribution in [2.24, 2.45) is 0 Å². The molecule has 0 saturated heterocycles. The van der Waals surface area contributed by atoms with Gasteiger partial charge in [-0.2, -0.15) is 0 Å². The molecule has 1 atom stereocenters. The number of nitrogens with zero attached hydrogens (tertiary/aromatic N) is 1. The molecule has 0 bridgehead atoms. The highest BCUT2D eigenvalue weighted by Crippen LogP contribution is 2.19. The number of hydrogen-bond donors (Lipinski definition) is 0. The SMILES string of the molecule is O=S([O-])Cc1cccc(-c2cccnc2)c1. The minimum Gasteiger partial charge on any atom is -0.772 e. The molecule has 0 saturated carbocycles. The van der Waals surface area contributed by atoms with Crippen LogP contribution in [0.3, 0.4) is 0 Å². The Morgan fingerprint density at radius 2 is 2.00 bits per heavy atom. The second-order valence-electron chi connectivity index (χ2n) is 3.39. The standard InChI is InChI=1S/C12H11NO2S/c14-16(15)9-10-3-1-4-11(7-10)12-5-2-6-13-8-12/h1-8H,9H2,(H,14,15)/p-1. The third-order valence-electron chi connectivity index (χ3n) is 2.21. The van der Waals surface area contributed by atoms with Crippen LogP contribution in [0.15, 0.2) is 48.8 Å². The molecular formula is C12H10NO2S-. The molecule has 0 fully saturated rings. The summed E-state index contributed by atoms with van der Waals surface area (Å²) < 4.78 is 21.2. The Labute approximate surface area is 96.5 Å². The second-order valence-corrected chi connectivity index (χ2v) is 4.29. The van der Waals surface area contributed by atoms with Gasteiger partial charge in [0.2, 0.25) is 0 Å². The van der Waals surface area contributed by atoms with Crippen LogP contribution in [-0.2, 0) is 16.8 Å². The van der Waals surface area contributed by atoms with Gasteiger partial charge in [-0.25, -0.2) is 0 Å². The highest BCUT2D eigenvalue weighted by molar-refractivity contribution is 7.78. The number of rotatable bonds is 3. The summed E-state index contributed by atoms with van der Waals surface area (Å²) in [5.74, 6) is 0.0497. The average molecular weight is 232 g/mol. The summed E-state index contributed by atoms with van der Waals surface area (Å²) in [4.78, 5) is 4.03. The van der Waals surface area contributed by atoms with Gasteiger partial charge in [-0.05, 0) is 22.8 Å². The van der Waals surface area contributed by atoms with Crippen LogP contribution in [0.1, 0.15) is 5.56 Å². The van der Waals surface area contributed by atoms with Crippen LogP contribution in [0.5, 0.6) is 0 Å². The van der Waals surface area contributed by atoms with E-state index in [9.17, 15) is 8.76 Å². The fourth-order valence-electron chi connectivity index (χ4n) is 1.51. The third kappa shape index (κ3) is 2.74. The van der Waals surface area contributed by atoms with Gasteiger partial charge in [0.05, 0.1) is 0 Å². The monoisotopic (exact) mass is 232 g/mol. The van der Waals surface area contributed by atoms with Crippen LogP contribution in [0.4, 0.5) is 0 Å². The zero-order chi connectivity index (χ0) is 11.4. The first-order valence-corrected chi connectivity index (χ1v) is 6.05. The molecule has 82 valence electrons. The largest absolute Gasteiger partial charge is 0.772 e. The van der Waals surface area contributed by atoms with Gasteiger partial charge in [-0.1, -0.05) is 41.4 Å². The summed E-state index contributed by atoms with van der Waals surface area (Å²) in [6, 6.07) is 11.3. The molecule has 0 aliphatic heterocycles. The first-order chi connectivity index (χ1) is 7.75. The Morgan fingerprint density at radius 3 is 2.69 bits per heavy atom. The van der Waals surface area contributed by atoms with Crippen molar-refractivity contribution < 1.29 is 8.76 Å². The molecule has 4 heteroatoms. The van der Waals surface area contributed by atoms with Crippen molar-refractivity contribution in [1.82, 2.24) is 4.98 Å². The Morgan fingerprint density at radius 1 is 1.19 bits per heavy atom. The van der Waals surface area contributed by atoms with Crippen molar-refractivity contribution in [3.63, 3.8) is 0 Å². The summed E-state index contributed by atoms with van der Waals surface area (Å²) in [7, 11) is 0. The molecule has 1 aromatic carbocycles. The van der Waals surface area contributed by atoms with Crippen molar-refractivity contribution >= 4 is 11.1 Å². The molecule has 3 nitrogen and oxygen atoms in total. The van der Waals surface area contributed by atoms with E-state index in [0.29, 0.717) is 0 Å². The Balaban J connectivity index is 2.33. The van der Waals surface area contributed by atoms with E-state index in [-0.39, 0.29) is 5.75 Å². The fraction of sp³-hybridized carbons (Fsp3) is 0.0833. The summed E-state index contributed by atoms with van der Waals surface area (Å²) in [6.45, 7) is 0. The predicted molar refractivity (Wildman–Crippen MR) is 62.3 cm³/mol. The van der Waals surface area contributed by atoms with Gasteiger partial charge in [-0.15, -0.1) is 0 Å². The number of hydrogen-bond acceptors (Lipinski definition) is 3. The third-order valence-corrected chi connectivity index (χ3v) is 2.78. The molecule has 16 heavy (non-hydrogen) atoms. The van der Waals surface area contributed by atoms with Crippen molar-refractivity contribution in [3.05, 3.63) is 54.4 Å². The topological polar surface area (TPSA) is 53.0 Å². The summed E-state index contributed by atoms with van der Waals surface area (Å²) in [5, 5.41) is 0. The normalized spacial score (nSPS) is 12.3. The minimum absolute atomic E-state index is 0.0497. The van der Waals surface area contributed by atoms with E-state index in [1.54, 1.807) is 18.5 Å². The first-order valence-electron chi connectivity index (χ1n) is 4.81. The van der Waals surface area contributed by atoms with E-state index in [2.05, 4.69) is 4.98 Å². The molecule has 1 unspecified atom stereocenters. The molecule has 1 aromatic heterocycles. The van der Waals surface area contributed by atoms with Crippen molar-refractivity contribution in [2.45, 2.75) is 5.75 Å². The van der Waals surface area contributed by atoms with Crippen molar-refractivity contribution in [1.29, 1.82) is 0 Å². The maximum Gasteiger partial charge on any atom is 0.0353 e. The number of benzene rings is 1. The van der Waals surface area contributed by atoms with E-state index in [1.165, 1.54) is 0 Å².